The van der Waals surface area contributed by atoms with E-state index in [0.29, 0.717) is 29.1 Å². The fraction of sp³-hybridized carbons (Fsp3) is 0.406. The van der Waals surface area contributed by atoms with Crippen LogP contribution < -0.4 is 21.3 Å². The zero-order valence-electron chi connectivity index (χ0n) is 27.0. The summed E-state index contributed by atoms with van der Waals surface area (Å²) < 4.78 is 6.16. The Bertz CT molecular complexity index is 1700. The van der Waals surface area contributed by atoms with E-state index in [2.05, 4.69) is 47.2 Å². The number of benzene rings is 1. The zero-order chi connectivity index (χ0) is 34.5. The van der Waals surface area contributed by atoms with Crippen molar-refractivity contribution in [3.8, 4) is 0 Å². The van der Waals surface area contributed by atoms with E-state index in [4.69, 9.17) is 4.74 Å². The summed E-state index contributed by atoms with van der Waals surface area (Å²) in [4.78, 5) is 64.7. The highest BCUT2D eigenvalue weighted by Gasteiger charge is 2.41. The highest BCUT2D eigenvalue weighted by Crippen LogP contribution is 2.36. The van der Waals surface area contributed by atoms with Gasteiger partial charge in [-0.3, -0.25) is 29.5 Å². The van der Waals surface area contributed by atoms with E-state index in [0.717, 1.165) is 5.56 Å². The summed E-state index contributed by atoms with van der Waals surface area (Å²) in [5.41, 5.74) is 1.51. The number of hydrogen-bond acceptors (Lipinski definition) is 11. The Kier molecular flexibility index (Phi) is 10.7. The molecule has 0 unspecified atom stereocenters. The molecule has 0 spiro atoms. The molecule has 4 atom stereocenters. The normalized spacial score (nSPS) is 20.6. The van der Waals surface area contributed by atoms with E-state index >= 15 is 0 Å². The Morgan fingerprint density at radius 1 is 1.04 bits per heavy atom. The predicted molar refractivity (Wildman–Crippen MR) is 183 cm³/mol. The van der Waals surface area contributed by atoms with Gasteiger partial charge in [0.25, 0.3) is 17.5 Å². The number of anilines is 3. The number of nitrogens with zero attached hydrogens (tertiary/aromatic N) is 5. The van der Waals surface area contributed by atoms with Crippen LogP contribution in [0.4, 0.5) is 22.9 Å². The molecule has 1 aromatic carbocycles. The number of amides is 3. The SMILES string of the molecule is CNc1cncc(C(=O)N2C[C@H](Nc3c(C(=O)N4C[C@@H](C)O[C@@H](C)C4)cc(Br)cc3[N+](=O)[O-])C[C@H]2C(=O)NCc2ccnc(NC)c2)c1. The fourth-order valence-electron chi connectivity index (χ4n) is 6.08. The number of carbonyl (C=O) groups is 3. The van der Waals surface area contributed by atoms with Gasteiger partial charge in [0.15, 0.2) is 0 Å². The average Bonchev–Trinajstić information content (AvgIpc) is 3.50. The van der Waals surface area contributed by atoms with Gasteiger partial charge in [0.1, 0.15) is 17.5 Å². The molecule has 2 fully saturated rings. The average molecular weight is 725 g/mol. The zero-order valence-corrected chi connectivity index (χ0v) is 28.6. The molecule has 2 aromatic heterocycles. The number of nitro groups is 1. The van der Waals surface area contributed by atoms with Crippen molar-refractivity contribution in [2.75, 3.05) is 49.7 Å². The summed E-state index contributed by atoms with van der Waals surface area (Å²) in [5, 5.41) is 24.4. The third kappa shape index (κ3) is 7.82. The van der Waals surface area contributed by atoms with Gasteiger partial charge >= 0.3 is 0 Å². The molecule has 0 aliphatic carbocycles. The van der Waals surface area contributed by atoms with Crippen molar-refractivity contribution in [1.82, 2.24) is 25.1 Å². The number of pyridine rings is 2. The summed E-state index contributed by atoms with van der Waals surface area (Å²) in [6.45, 7) is 4.60. The van der Waals surface area contributed by atoms with E-state index in [1.54, 1.807) is 55.7 Å². The molecule has 2 aliphatic heterocycles. The van der Waals surface area contributed by atoms with Crippen LogP contribution in [0.3, 0.4) is 0 Å². The Hall–Kier alpha value is -4.83. The van der Waals surface area contributed by atoms with Crippen LogP contribution in [-0.4, -0.2) is 100 Å². The van der Waals surface area contributed by atoms with Gasteiger partial charge in [0.2, 0.25) is 5.91 Å². The van der Waals surface area contributed by atoms with Crippen LogP contribution >= 0.6 is 15.9 Å². The Labute approximate surface area is 286 Å². The molecule has 4 N–H and O–H groups in total. The largest absolute Gasteiger partial charge is 0.387 e. The summed E-state index contributed by atoms with van der Waals surface area (Å²) >= 11 is 3.33. The summed E-state index contributed by atoms with van der Waals surface area (Å²) in [7, 11) is 3.45. The van der Waals surface area contributed by atoms with E-state index in [1.165, 1.54) is 17.2 Å². The van der Waals surface area contributed by atoms with E-state index in [-0.39, 0.29) is 54.2 Å². The highest BCUT2D eigenvalue weighted by atomic mass is 79.9. The molecule has 48 heavy (non-hydrogen) atoms. The molecule has 3 amide bonds. The smallest absolute Gasteiger partial charge is 0.294 e. The van der Waals surface area contributed by atoms with E-state index in [9.17, 15) is 24.5 Å². The Morgan fingerprint density at radius 2 is 1.79 bits per heavy atom. The maximum atomic E-state index is 13.9. The van der Waals surface area contributed by atoms with Crippen molar-refractivity contribution >= 4 is 56.5 Å². The number of likely N-dealkylation sites (tertiary alicyclic amines) is 1. The number of hydrogen-bond donors (Lipinski definition) is 4. The first-order valence-corrected chi connectivity index (χ1v) is 16.3. The monoisotopic (exact) mass is 723 g/mol. The number of morpholine rings is 1. The van der Waals surface area contributed by atoms with Gasteiger partial charge < -0.3 is 35.8 Å². The third-order valence-electron chi connectivity index (χ3n) is 8.25. The van der Waals surface area contributed by atoms with E-state index < -0.39 is 34.7 Å². The number of carbonyl (C=O) groups excluding carboxylic acids is 3. The van der Waals surface area contributed by atoms with Crippen LogP contribution in [-0.2, 0) is 16.1 Å². The molecular weight excluding hydrogens is 686 g/mol. The lowest BCUT2D eigenvalue weighted by atomic mass is 10.1. The lowest BCUT2D eigenvalue weighted by Crippen LogP contribution is -2.48. The quantitative estimate of drug-likeness (QED) is 0.177. The van der Waals surface area contributed by atoms with Crippen molar-refractivity contribution in [2.45, 2.75) is 51.1 Å². The van der Waals surface area contributed by atoms with Crippen molar-refractivity contribution in [3.05, 3.63) is 80.2 Å². The van der Waals surface area contributed by atoms with Crippen LogP contribution in [0.2, 0.25) is 0 Å². The molecule has 2 saturated heterocycles. The minimum Gasteiger partial charge on any atom is -0.387 e. The van der Waals surface area contributed by atoms with E-state index in [1.807, 2.05) is 13.8 Å². The van der Waals surface area contributed by atoms with Gasteiger partial charge in [0.05, 0.1) is 33.9 Å². The van der Waals surface area contributed by atoms with Gasteiger partial charge in [-0.2, -0.15) is 0 Å². The molecule has 0 saturated carbocycles. The fourth-order valence-corrected chi connectivity index (χ4v) is 6.52. The van der Waals surface area contributed by atoms with Crippen molar-refractivity contribution in [1.29, 1.82) is 0 Å². The van der Waals surface area contributed by atoms with Crippen LogP contribution in [0.1, 0.15) is 46.5 Å². The number of rotatable bonds is 10. The van der Waals surface area contributed by atoms with Crippen LogP contribution in [0.5, 0.6) is 0 Å². The van der Waals surface area contributed by atoms with Gasteiger partial charge in [-0.05, 0) is 50.1 Å². The summed E-state index contributed by atoms with van der Waals surface area (Å²) in [6, 6.07) is 6.56. The van der Waals surface area contributed by atoms with Gasteiger partial charge in [-0.25, -0.2) is 4.98 Å². The van der Waals surface area contributed by atoms with Crippen LogP contribution in [0.25, 0.3) is 0 Å². The molecule has 5 rings (SSSR count). The highest BCUT2D eigenvalue weighted by molar-refractivity contribution is 9.10. The standard InChI is InChI=1S/C32H38BrN9O6/c1-18-15-40(16-19(2)48-18)32(45)25-9-22(33)10-26(42(46)47)29(25)39-24-11-27(30(43)38-12-20-5-6-37-28(7-20)35-4)41(17-24)31(44)21-8-23(34-3)14-36-13-21/h5-10,13-14,18-19,24,27,34,39H,11-12,15-17H2,1-4H3,(H,35,37)(H,38,43)/t18-,19+,24-,27+/m1/s1. The first kappa shape index (κ1) is 34.5. The van der Waals surface area contributed by atoms with Crippen molar-refractivity contribution in [2.24, 2.45) is 0 Å². The first-order valence-electron chi connectivity index (χ1n) is 15.5. The topological polar surface area (TPSA) is 184 Å². The molecule has 15 nitrogen and oxygen atoms in total. The second kappa shape index (κ2) is 14.9. The number of halogens is 1. The second-order valence-electron chi connectivity index (χ2n) is 11.9. The van der Waals surface area contributed by atoms with Gasteiger partial charge in [-0.15, -0.1) is 0 Å². The maximum Gasteiger partial charge on any atom is 0.294 e. The molecule has 254 valence electrons. The number of nitrogens with one attached hydrogen (secondary N) is 4. The second-order valence-corrected chi connectivity index (χ2v) is 12.8. The number of nitro benzene ring substituents is 1. The lowest BCUT2D eigenvalue weighted by molar-refractivity contribution is -0.384. The molecular formula is C32H38BrN9O6. The molecule has 0 bridgehead atoms. The molecule has 0 radical (unpaired) electrons. The van der Waals surface area contributed by atoms with Crippen molar-refractivity contribution < 1.29 is 24.0 Å². The molecule has 3 aromatic rings. The molecule has 16 heteroatoms. The van der Waals surface area contributed by atoms with Crippen molar-refractivity contribution in [3.63, 3.8) is 0 Å². The third-order valence-corrected chi connectivity index (χ3v) is 8.71. The molecule has 2 aliphatic rings. The lowest BCUT2D eigenvalue weighted by Gasteiger charge is -2.35. The van der Waals surface area contributed by atoms with Crippen LogP contribution in [0.15, 0.2) is 53.4 Å². The molecule has 4 heterocycles. The summed E-state index contributed by atoms with van der Waals surface area (Å²) in [6.07, 6.45) is 4.33. The number of ether oxygens (including phenoxy) is 1. The maximum absolute atomic E-state index is 13.9. The summed E-state index contributed by atoms with van der Waals surface area (Å²) in [5.74, 6) is -0.574. The number of aromatic nitrogens is 2. The van der Waals surface area contributed by atoms with Gasteiger partial charge in [-0.1, -0.05) is 15.9 Å². The van der Waals surface area contributed by atoms with Crippen LogP contribution in [0, 0.1) is 10.1 Å². The minimum absolute atomic E-state index is 0.0219. The van der Waals surface area contributed by atoms with Gasteiger partial charge in [0, 0.05) is 75.4 Å². The first-order chi connectivity index (χ1) is 23.0. The Morgan fingerprint density at radius 3 is 2.48 bits per heavy atom. The predicted octanol–water partition coefficient (Wildman–Crippen LogP) is 3.49. The minimum atomic E-state index is -0.923. The Balaban J connectivity index is 1.45.